The zero-order valence-electron chi connectivity index (χ0n) is 21.5. The van der Waals surface area contributed by atoms with Crippen molar-refractivity contribution in [1.82, 2.24) is 9.55 Å². The van der Waals surface area contributed by atoms with Gasteiger partial charge < -0.3 is 23.9 Å². The maximum atomic E-state index is 13.1. The predicted molar refractivity (Wildman–Crippen MR) is 143 cm³/mol. The fourth-order valence-corrected chi connectivity index (χ4v) is 4.34. The fraction of sp³-hybridized carbons (Fsp3) is 0.167. The molecule has 0 saturated carbocycles. The number of aromatic amines is 1. The molecule has 11 heteroatoms. The van der Waals surface area contributed by atoms with E-state index in [1.165, 1.54) is 24.3 Å². The van der Waals surface area contributed by atoms with E-state index in [2.05, 4.69) is 4.98 Å². The number of esters is 3. The first-order valence-electron chi connectivity index (χ1n) is 12.6. The van der Waals surface area contributed by atoms with Crippen molar-refractivity contribution in [3.8, 4) is 0 Å². The summed E-state index contributed by atoms with van der Waals surface area (Å²) in [5, 5.41) is 0. The number of benzene rings is 3. The number of ether oxygens (including phenoxy) is 4. The molecule has 0 spiro atoms. The van der Waals surface area contributed by atoms with Gasteiger partial charge in [0.05, 0.1) is 16.7 Å². The Bertz CT molecular complexity index is 1610. The number of nitrogens with zero attached hydrogens (tertiary/aromatic N) is 1. The number of rotatable bonds is 8. The van der Waals surface area contributed by atoms with E-state index in [0.717, 1.165) is 12.3 Å². The molecule has 3 aromatic carbocycles. The van der Waals surface area contributed by atoms with Crippen LogP contribution in [-0.4, -0.2) is 52.4 Å². The minimum absolute atomic E-state index is 0.174. The van der Waals surface area contributed by atoms with Gasteiger partial charge in [0.1, 0.15) is 12.7 Å². The van der Waals surface area contributed by atoms with E-state index in [-0.39, 0.29) is 16.7 Å². The van der Waals surface area contributed by atoms with Crippen molar-refractivity contribution in [2.75, 3.05) is 6.61 Å². The van der Waals surface area contributed by atoms with Crippen LogP contribution in [0.3, 0.4) is 0 Å². The van der Waals surface area contributed by atoms with Crippen molar-refractivity contribution in [2.45, 2.75) is 24.5 Å². The number of H-pyrrole nitrogens is 1. The molecule has 5 rings (SSSR count). The van der Waals surface area contributed by atoms with Gasteiger partial charge in [0.2, 0.25) is 0 Å². The monoisotopic (exact) mass is 556 g/mol. The molecule has 4 atom stereocenters. The van der Waals surface area contributed by atoms with Crippen LogP contribution >= 0.6 is 0 Å². The van der Waals surface area contributed by atoms with E-state index in [0.29, 0.717) is 4.57 Å². The highest BCUT2D eigenvalue weighted by Gasteiger charge is 2.52. The molecule has 1 fully saturated rings. The predicted octanol–water partition coefficient (Wildman–Crippen LogP) is 2.74. The van der Waals surface area contributed by atoms with Gasteiger partial charge in [-0.3, -0.25) is 4.79 Å². The minimum atomic E-state index is -1.52. The van der Waals surface area contributed by atoms with Gasteiger partial charge in [-0.05, 0) is 36.4 Å². The summed E-state index contributed by atoms with van der Waals surface area (Å²) < 4.78 is 23.7. The first-order chi connectivity index (χ1) is 19.9. The molecule has 0 aliphatic carbocycles. The van der Waals surface area contributed by atoms with Crippen LogP contribution in [0.1, 0.15) is 37.3 Å². The van der Waals surface area contributed by atoms with Gasteiger partial charge in [0.25, 0.3) is 5.56 Å². The van der Waals surface area contributed by atoms with Gasteiger partial charge in [-0.2, -0.15) is 0 Å². The third-order valence-electron chi connectivity index (χ3n) is 6.32. The second-order valence-corrected chi connectivity index (χ2v) is 8.99. The summed E-state index contributed by atoms with van der Waals surface area (Å²) in [5.41, 5.74) is -0.970. The highest BCUT2D eigenvalue weighted by atomic mass is 16.7. The summed E-state index contributed by atoms with van der Waals surface area (Å²) in [6, 6.07) is 25.3. The fourth-order valence-electron chi connectivity index (χ4n) is 4.34. The van der Waals surface area contributed by atoms with E-state index in [1.807, 2.05) is 0 Å². The van der Waals surface area contributed by atoms with Crippen molar-refractivity contribution in [2.24, 2.45) is 0 Å². The Morgan fingerprint density at radius 3 is 1.68 bits per heavy atom. The first-order valence-corrected chi connectivity index (χ1v) is 12.6. The molecule has 11 nitrogen and oxygen atoms in total. The normalized spacial score (nSPS) is 19.7. The lowest BCUT2D eigenvalue weighted by atomic mass is 10.1. The average Bonchev–Trinajstić information content (AvgIpc) is 3.32. The maximum Gasteiger partial charge on any atom is 0.338 e. The molecule has 2 heterocycles. The highest BCUT2D eigenvalue weighted by molar-refractivity contribution is 5.91. The molecule has 1 aromatic heterocycles. The summed E-state index contributed by atoms with van der Waals surface area (Å²) >= 11 is 0. The maximum absolute atomic E-state index is 13.1. The smallest absolute Gasteiger partial charge is 0.338 e. The van der Waals surface area contributed by atoms with Crippen molar-refractivity contribution >= 4 is 17.9 Å². The number of aromatic nitrogens is 2. The van der Waals surface area contributed by atoms with Crippen LogP contribution in [0.4, 0.5) is 0 Å². The van der Waals surface area contributed by atoms with Crippen LogP contribution in [0.15, 0.2) is 113 Å². The summed E-state index contributed by atoms with van der Waals surface area (Å²) in [7, 11) is 0. The van der Waals surface area contributed by atoms with Gasteiger partial charge in [0.15, 0.2) is 18.4 Å². The van der Waals surface area contributed by atoms with Crippen LogP contribution in [0, 0.1) is 0 Å². The Morgan fingerprint density at radius 1 is 0.683 bits per heavy atom. The van der Waals surface area contributed by atoms with E-state index in [9.17, 15) is 24.0 Å². The van der Waals surface area contributed by atoms with Crippen LogP contribution < -0.4 is 11.2 Å². The molecule has 41 heavy (non-hydrogen) atoms. The number of carbonyl (C=O) groups excluding carboxylic acids is 3. The first kappa shape index (κ1) is 27.3. The molecular weight excluding hydrogens is 532 g/mol. The number of carbonyl (C=O) groups is 3. The third kappa shape index (κ3) is 6.15. The Morgan fingerprint density at radius 2 is 1.17 bits per heavy atom. The molecule has 208 valence electrons. The molecule has 0 radical (unpaired) electrons. The van der Waals surface area contributed by atoms with E-state index < -0.39 is 60.3 Å². The van der Waals surface area contributed by atoms with E-state index in [1.54, 1.807) is 66.7 Å². The zero-order chi connectivity index (χ0) is 28.8. The summed E-state index contributed by atoms with van der Waals surface area (Å²) in [5.74, 6) is -2.28. The summed E-state index contributed by atoms with van der Waals surface area (Å²) in [6.45, 7) is -0.449. The second kappa shape index (κ2) is 12.3. The van der Waals surface area contributed by atoms with E-state index >= 15 is 0 Å². The third-order valence-corrected chi connectivity index (χ3v) is 6.32. The summed E-state index contributed by atoms with van der Waals surface area (Å²) in [6.07, 6.45) is -4.44. The Labute approximate surface area is 232 Å². The van der Waals surface area contributed by atoms with Gasteiger partial charge in [-0.15, -0.1) is 0 Å². The lowest BCUT2D eigenvalue weighted by Gasteiger charge is -2.24. The topological polar surface area (TPSA) is 143 Å². The molecule has 1 saturated heterocycles. The number of hydrogen-bond donors (Lipinski definition) is 1. The van der Waals surface area contributed by atoms with Crippen molar-refractivity contribution in [1.29, 1.82) is 0 Å². The Balaban J connectivity index is 1.51. The Kier molecular flexibility index (Phi) is 8.16. The SMILES string of the molecule is O=C(OC[C@H]1O[C@@H](n2c(=O)cc[nH]c2=O)[C@H](OC(=O)c2ccccc2)[C@@H]1OC(=O)c1ccccc1)c1ccccc1. The molecule has 0 amide bonds. The summed E-state index contributed by atoms with van der Waals surface area (Å²) in [4.78, 5) is 66.8. The number of hydrogen-bond acceptors (Lipinski definition) is 9. The molecule has 1 aliphatic rings. The number of nitrogens with one attached hydrogen (secondary N) is 1. The largest absolute Gasteiger partial charge is 0.459 e. The van der Waals surface area contributed by atoms with Gasteiger partial charge in [0, 0.05) is 12.3 Å². The standard InChI is InChI=1S/C30H24N2O9/c33-23-16-17-31-30(37)32(23)26-25(41-29(36)21-14-8-3-9-15-21)24(40-28(35)20-12-6-2-7-13-20)22(39-26)18-38-27(34)19-10-4-1-5-11-19/h1-17,22,24-26H,18H2,(H,31,37)/t22-,24-,25-,26-/m1/s1. The molecule has 1 aliphatic heterocycles. The van der Waals surface area contributed by atoms with Crippen LogP contribution in [0.5, 0.6) is 0 Å². The molecular formula is C30H24N2O9. The van der Waals surface area contributed by atoms with Crippen LogP contribution in [0.25, 0.3) is 0 Å². The van der Waals surface area contributed by atoms with Crippen molar-refractivity contribution in [3.05, 3.63) is 141 Å². The highest BCUT2D eigenvalue weighted by Crippen LogP contribution is 2.34. The molecule has 0 unspecified atom stereocenters. The molecule has 0 bridgehead atoms. The minimum Gasteiger partial charge on any atom is -0.459 e. The van der Waals surface area contributed by atoms with Crippen molar-refractivity contribution < 1.29 is 33.3 Å². The second-order valence-electron chi connectivity index (χ2n) is 8.99. The van der Waals surface area contributed by atoms with Gasteiger partial charge >= 0.3 is 23.6 Å². The van der Waals surface area contributed by atoms with Gasteiger partial charge in [-0.25, -0.2) is 23.7 Å². The van der Waals surface area contributed by atoms with Crippen LogP contribution in [-0.2, 0) is 18.9 Å². The van der Waals surface area contributed by atoms with E-state index in [4.69, 9.17) is 18.9 Å². The van der Waals surface area contributed by atoms with Crippen LogP contribution in [0.2, 0.25) is 0 Å². The lowest BCUT2D eigenvalue weighted by molar-refractivity contribution is -0.0652. The zero-order valence-corrected chi connectivity index (χ0v) is 21.5. The van der Waals surface area contributed by atoms with Crippen molar-refractivity contribution in [3.63, 3.8) is 0 Å². The van der Waals surface area contributed by atoms with Gasteiger partial charge in [-0.1, -0.05) is 54.6 Å². The molecule has 1 N–H and O–H groups in total. The lowest BCUT2D eigenvalue weighted by Crippen LogP contribution is -2.45. The Hall–Kier alpha value is -5.29. The molecule has 4 aromatic rings. The quantitative estimate of drug-likeness (QED) is 0.256. The average molecular weight is 557 g/mol.